The molecule has 10 heavy (non-hydrogen) atoms. The van der Waals surface area contributed by atoms with Gasteiger partial charge < -0.3 is 10.8 Å². The molecule has 4 heteroatoms. The van der Waals surface area contributed by atoms with Crippen molar-refractivity contribution in [2.24, 2.45) is 0 Å². The minimum atomic E-state index is -0.0631. The van der Waals surface area contributed by atoms with Gasteiger partial charge in [0.15, 0.2) is 0 Å². The van der Waals surface area contributed by atoms with Gasteiger partial charge in [-0.25, -0.2) is 4.98 Å². The second kappa shape index (κ2) is 2.86. The number of aliphatic hydroxyl groups excluding tert-OH is 1. The van der Waals surface area contributed by atoms with Crippen LogP contribution in [-0.2, 0) is 6.61 Å². The zero-order valence-corrected chi connectivity index (χ0v) is 5.97. The van der Waals surface area contributed by atoms with Crippen molar-refractivity contribution in [1.29, 1.82) is 0 Å². The highest BCUT2D eigenvalue weighted by molar-refractivity contribution is 6.29. The van der Waals surface area contributed by atoms with Crippen molar-refractivity contribution in [3.05, 3.63) is 22.8 Å². The molecule has 0 amide bonds. The number of rotatable bonds is 1. The van der Waals surface area contributed by atoms with Gasteiger partial charge in [0.2, 0.25) is 0 Å². The first-order valence-electron chi connectivity index (χ1n) is 2.75. The number of anilines is 1. The van der Waals surface area contributed by atoms with E-state index in [4.69, 9.17) is 22.4 Å². The Balaban J connectivity index is 3.06. The molecular formula is C6H7ClN2O. The number of hydrogen-bond donors (Lipinski definition) is 2. The van der Waals surface area contributed by atoms with E-state index in [2.05, 4.69) is 4.98 Å². The first kappa shape index (κ1) is 7.31. The number of nitrogens with zero attached hydrogens (tertiary/aromatic N) is 1. The normalized spacial score (nSPS) is 9.80. The van der Waals surface area contributed by atoms with E-state index in [0.717, 1.165) is 0 Å². The number of nitrogen functional groups attached to an aromatic ring is 1. The Morgan fingerprint density at radius 1 is 1.60 bits per heavy atom. The van der Waals surface area contributed by atoms with E-state index in [1.807, 2.05) is 0 Å². The van der Waals surface area contributed by atoms with Crippen molar-refractivity contribution < 1.29 is 5.11 Å². The summed E-state index contributed by atoms with van der Waals surface area (Å²) in [7, 11) is 0. The molecule has 0 radical (unpaired) electrons. The predicted octanol–water partition coefficient (Wildman–Crippen LogP) is 0.810. The Morgan fingerprint density at radius 3 is 2.80 bits per heavy atom. The van der Waals surface area contributed by atoms with Crippen LogP contribution in [0.15, 0.2) is 12.1 Å². The molecule has 0 aromatic carbocycles. The Labute approximate surface area is 63.5 Å². The molecule has 54 valence electrons. The van der Waals surface area contributed by atoms with Crippen molar-refractivity contribution in [2.45, 2.75) is 6.61 Å². The molecule has 3 N–H and O–H groups in total. The third-order valence-electron chi connectivity index (χ3n) is 1.06. The summed E-state index contributed by atoms with van der Waals surface area (Å²) in [6, 6.07) is 3.14. The molecule has 0 saturated heterocycles. The fourth-order valence-electron chi connectivity index (χ4n) is 0.664. The van der Waals surface area contributed by atoms with Gasteiger partial charge in [-0.2, -0.15) is 0 Å². The van der Waals surface area contributed by atoms with Crippen LogP contribution < -0.4 is 5.73 Å². The highest BCUT2D eigenvalue weighted by Crippen LogP contribution is 2.11. The van der Waals surface area contributed by atoms with Gasteiger partial charge in [-0.3, -0.25) is 0 Å². The number of aliphatic hydroxyl groups is 1. The fourth-order valence-corrected chi connectivity index (χ4v) is 0.902. The maximum Gasteiger partial charge on any atom is 0.131 e. The summed E-state index contributed by atoms with van der Waals surface area (Å²) in [5.74, 6) is 0.330. The van der Waals surface area contributed by atoms with Crippen LogP contribution in [0, 0.1) is 0 Å². The highest BCUT2D eigenvalue weighted by Gasteiger charge is 1.95. The van der Waals surface area contributed by atoms with Crippen LogP contribution in [-0.4, -0.2) is 10.1 Å². The smallest absolute Gasteiger partial charge is 0.131 e. The van der Waals surface area contributed by atoms with Crippen molar-refractivity contribution >= 4 is 17.4 Å². The molecule has 3 nitrogen and oxygen atoms in total. The van der Waals surface area contributed by atoms with E-state index in [-0.39, 0.29) is 6.61 Å². The summed E-state index contributed by atoms with van der Waals surface area (Å²) >= 11 is 5.53. The number of halogens is 1. The van der Waals surface area contributed by atoms with Crippen LogP contribution in [0.3, 0.4) is 0 Å². The lowest BCUT2D eigenvalue weighted by Gasteiger charge is -1.97. The van der Waals surface area contributed by atoms with Crippen LogP contribution >= 0.6 is 11.6 Å². The Hall–Kier alpha value is -0.800. The van der Waals surface area contributed by atoms with Gasteiger partial charge in [0.1, 0.15) is 11.0 Å². The summed E-state index contributed by atoms with van der Waals surface area (Å²) < 4.78 is 0. The van der Waals surface area contributed by atoms with Gasteiger partial charge >= 0.3 is 0 Å². The predicted molar refractivity (Wildman–Crippen MR) is 39.6 cm³/mol. The highest BCUT2D eigenvalue weighted by atomic mass is 35.5. The zero-order valence-electron chi connectivity index (χ0n) is 5.21. The third-order valence-corrected chi connectivity index (χ3v) is 1.25. The molecule has 1 aromatic heterocycles. The molecule has 0 spiro atoms. The molecule has 0 fully saturated rings. The number of hydrogen-bond acceptors (Lipinski definition) is 3. The van der Waals surface area contributed by atoms with Crippen LogP contribution in [0.4, 0.5) is 5.82 Å². The zero-order chi connectivity index (χ0) is 7.56. The molecule has 0 atom stereocenters. The second-order valence-electron chi connectivity index (χ2n) is 1.88. The lowest BCUT2D eigenvalue weighted by atomic mass is 10.3. The van der Waals surface area contributed by atoms with E-state index >= 15 is 0 Å². The molecule has 0 bridgehead atoms. The van der Waals surface area contributed by atoms with E-state index in [0.29, 0.717) is 16.5 Å². The van der Waals surface area contributed by atoms with E-state index in [1.54, 1.807) is 12.1 Å². The minimum Gasteiger partial charge on any atom is -0.392 e. The molecule has 1 aromatic rings. The van der Waals surface area contributed by atoms with Gasteiger partial charge in [-0.05, 0) is 17.7 Å². The van der Waals surface area contributed by atoms with E-state index in [9.17, 15) is 0 Å². The molecule has 1 rings (SSSR count). The molecule has 0 aliphatic carbocycles. The summed E-state index contributed by atoms with van der Waals surface area (Å²) in [5, 5.41) is 8.95. The van der Waals surface area contributed by atoms with Gasteiger partial charge in [0.25, 0.3) is 0 Å². The van der Waals surface area contributed by atoms with Crippen LogP contribution in [0.2, 0.25) is 5.15 Å². The molecule has 0 aliphatic rings. The first-order valence-corrected chi connectivity index (χ1v) is 3.13. The number of aromatic nitrogens is 1. The Kier molecular flexibility index (Phi) is 2.09. The molecule has 0 unspecified atom stereocenters. The largest absolute Gasteiger partial charge is 0.392 e. The van der Waals surface area contributed by atoms with Gasteiger partial charge in [-0.1, -0.05) is 11.6 Å². The van der Waals surface area contributed by atoms with Crippen LogP contribution in [0.5, 0.6) is 0 Å². The summed E-state index contributed by atoms with van der Waals surface area (Å²) in [5.41, 5.74) is 6.01. The monoisotopic (exact) mass is 158 g/mol. The molecule has 0 saturated carbocycles. The quantitative estimate of drug-likeness (QED) is 0.595. The second-order valence-corrected chi connectivity index (χ2v) is 2.27. The Morgan fingerprint density at radius 2 is 2.30 bits per heavy atom. The average molecular weight is 159 g/mol. The van der Waals surface area contributed by atoms with Crippen molar-refractivity contribution in [3.63, 3.8) is 0 Å². The maximum absolute atomic E-state index is 8.64. The maximum atomic E-state index is 8.64. The number of pyridine rings is 1. The Bertz CT molecular complexity index is 219. The van der Waals surface area contributed by atoms with E-state index < -0.39 is 0 Å². The molecule has 1 heterocycles. The van der Waals surface area contributed by atoms with Gasteiger partial charge in [0.05, 0.1) is 6.61 Å². The van der Waals surface area contributed by atoms with Crippen molar-refractivity contribution in [1.82, 2.24) is 4.98 Å². The van der Waals surface area contributed by atoms with Gasteiger partial charge in [0, 0.05) is 0 Å². The van der Waals surface area contributed by atoms with Crippen molar-refractivity contribution in [2.75, 3.05) is 5.73 Å². The fraction of sp³-hybridized carbons (Fsp3) is 0.167. The molecular weight excluding hydrogens is 152 g/mol. The summed E-state index contributed by atoms with van der Waals surface area (Å²) in [6.07, 6.45) is 0. The number of nitrogens with two attached hydrogens (primary N) is 1. The lowest BCUT2D eigenvalue weighted by molar-refractivity contribution is 0.282. The minimum absolute atomic E-state index is 0.0631. The lowest BCUT2D eigenvalue weighted by Crippen LogP contribution is -1.92. The average Bonchev–Trinajstić information content (AvgIpc) is 1.85. The first-order chi connectivity index (χ1) is 4.72. The summed E-state index contributed by atoms with van der Waals surface area (Å²) in [4.78, 5) is 3.71. The van der Waals surface area contributed by atoms with Crippen molar-refractivity contribution in [3.8, 4) is 0 Å². The van der Waals surface area contributed by atoms with E-state index in [1.165, 1.54) is 0 Å². The summed E-state index contributed by atoms with van der Waals surface area (Å²) in [6.45, 7) is -0.0631. The van der Waals surface area contributed by atoms with Crippen LogP contribution in [0.25, 0.3) is 0 Å². The SMILES string of the molecule is Nc1cc(CO)cc(Cl)n1. The molecule has 0 aliphatic heterocycles. The third kappa shape index (κ3) is 1.59. The van der Waals surface area contributed by atoms with Crippen LogP contribution in [0.1, 0.15) is 5.56 Å². The van der Waals surface area contributed by atoms with Gasteiger partial charge in [-0.15, -0.1) is 0 Å². The standard InChI is InChI=1S/C6H7ClN2O/c7-5-1-4(3-10)2-6(8)9-5/h1-2,10H,3H2,(H2,8,9). The topological polar surface area (TPSA) is 59.1 Å².